The van der Waals surface area contributed by atoms with Crippen LogP contribution >= 0.6 is 0 Å². The summed E-state index contributed by atoms with van der Waals surface area (Å²) in [5.41, 5.74) is 1.82. The second-order valence-corrected chi connectivity index (χ2v) is 21.5. The highest BCUT2D eigenvalue weighted by atomic mass is 28.4. The van der Waals surface area contributed by atoms with E-state index in [0.717, 1.165) is 36.1 Å². The van der Waals surface area contributed by atoms with E-state index < -0.39 is 16.6 Å². The quantitative estimate of drug-likeness (QED) is 0.297. The molecular formula is C26H42O5Si2. The Morgan fingerprint density at radius 2 is 0.848 bits per heavy atom. The van der Waals surface area contributed by atoms with Crippen LogP contribution in [0.5, 0.6) is 23.0 Å². The fraction of sp³-hybridized carbons (Fsp3) is 0.538. The van der Waals surface area contributed by atoms with Crippen LogP contribution in [0.1, 0.15) is 52.7 Å². The summed E-state index contributed by atoms with van der Waals surface area (Å²) in [4.78, 5) is 0. The zero-order chi connectivity index (χ0) is 25.2. The Bertz CT molecular complexity index is 846. The molecule has 0 bridgehead atoms. The summed E-state index contributed by atoms with van der Waals surface area (Å²) in [6, 6.07) is 11.3. The minimum absolute atomic E-state index is 0.00529. The summed E-state index contributed by atoms with van der Waals surface area (Å²) in [7, 11) is -4.55. The molecule has 0 fully saturated rings. The predicted molar refractivity (Wildman–Crippen MR) is 140 cm³/mol. The van der Waals surface area contributed by atoms with Crippen LogP contribution in [0, 0.1) is 0 Å². The number of phenols is 4. The van der Waals surface area contributed by atoms with Gasteiger partial charge in [-0.1, -0.05) is 41.5 Å². The lowest BCUT2D eigenvalue weighted by atomic mass is 10.1. The second-order valence-electron chi connectivity index (χ2n) is 11.8. The van der Waals surface area contributed by atoms with Gasteiger partial charge in [-0.15, -0.1) is 0 Å². The lowest BCUT2D eigenvalue weighted by Crippen LogP contribution is -2.57. The molecule has 0 amide bonds. The third kappa shape index (κ3) is 7.01. The maximum atomic E-state index is 9.88. The van der Waals surface area contributed by atoms with Crippen molar-refractivity contribution in [3.63, 3.8) is 0 Å². The monoisotopic (exact) mass is 490 g/mol. The summed E-state index contributed by atoms with van der Waals surface area (Å²) in [5.74, 6) is 0.309. The van der Waals surface area contributed by atoms with Gasteiger partial charge < -0.3 is 24.5 Å². The van der Waals surface area contributed by atoms with E-state index in [4.69, 9.17) is 4.12 Å². The number of rotatable bonds is 8. The Morgan fingerprint density at radius 1 is 0.576 bits per heavy atom. The highest BCUT2D eigenvalue weighted by molar-refractivity contribution is 6.88. The molecule has 2 rings (SSSR count). The maximum Gasteiger partial charge on any atom is 0.182 e. The van der Waals surface area contributed by atoms with Gasteiger partial charge in [0.25, 0.3) is 0 Å². The minimum Gasteiger partial charge on any atom is -0.508 e. The van der Waals surface area contributed by atoms with Crippen molar-refractivity contribution in [3.05, 3.63) is 47.5 Å². The van der Waals surface area contributed by atoms with E-state index in [1.807, 2.05) is 0 Å². The first-order valence-corrected chi connectivity index (χ1v) is 16.9. The maximum absolute atomic E-state index is 9.88. The number of aromatic hydroxyl groups is 4. The van der Waals surface area contributed by atoms with Gasteiger partial charge >= 0.3 is 0 Å². The molecule has 184 valence electrons. The number of phenolic OH excluding ortho intramolecular Hbond substituents is 4. The van der Waals surface area contributed by atoms with E-state index in [0.29, 0.717) is 0 Å². The van der Waals surface area contributed by atoms with Gasteiger partial charge in [0, 0.05) is 12.1 Å². The van der Waals surface area contributed by atoms with Crippen LogP contribution in [0.2, 0.25) is 35.3 Å². The van der Waals surface area contributed by atoms with Crippen LogP contribution in [0.25, 0.3) is 0 Å². The van der Waals surface area contributed by atoms with Gasteiger partial charge in [0.2, 0.25) is 0 Å². The molecule has 5 nitrogen and oxygen atoms in total. The Hall–Kier alpha value is -1.97. The summed E-state index contributed by atoms with van der Waals surface area (Å²) in [6.07, 6.45) is 1.47. The van der Waals surface area contributed by atoms with Gasteiger partial charge in [-0.3, -0.25) is 0 Å². The zero-order valence-electron chi connectivity index (χ0n) is 21.5. The highest BCUT2D eigenvalue weighted by Crippen LogP contribution is 2.49. The molecule has 7 heteroatoms. The van der Waals surface area contributed by atoms with Gasteiger partial charge in [0.1, 0.15) is 23.0 Å². The Balaban J connectivity index is 2.31. The average molecular weight is 491 g/mol. The molecule has 2 aromatic rings. The van der Waals surface area contributed by atoms with Crippen LogP contribution < -0.4 is 0 Å². The van der Waals surface area contributed by atoms with Crippen molar-refractivity contribution in [1.29, 1.82) is 0 Å². The fourth-order valence-corrected chi connectivity index (χ4v) is 14.3. The SMILES string of the molecule is CC(C)(C)[Si](C)(CCc1cc(O)cc(O)c1)O[Si](C)(CCc1cc(O)cc(O)c1)C(C)(C)C. The molecule has 2 unspecified atom stereocenters. The Morgan fingerprint density at radius 3 is 1.09 bits per heavy atom. The molecule has 0 spiro atoms. The summed E-state index contributed by atoms with van der Waals surface area (Å²) in [6.45, 7) is 18.1. The normalized spacial score (nSPS) is 16.2. The highest BCUT2D eigenvalue weighted by Gasteiger charge is 2.51. The van der Waals surface area contributed by atoms with E-state index in [1.165, 1.54) is 12.1 Å². The number of hydrogen-bond acceptors (Lipinski definition) is 5. The molecule has 0 aliphatic rings. The lowest BCUT2D eigenvalue weighted by molar-refractivity contribution is 0.430. The predicted octanol–water partition coefficient (Wildman–Crippen LogP) is 7.06. The van der Waals surface area contributed by atoms with Gasteiger partial charge in [-0.2, -0.15) is 0 Å². The molecule has 0 aromatic heterocycles. The molecule has 0 radical (unpaired) electrons. The Labute approximate surface area is 201 Å². The summed E-state index contributed by atoms with van der Waals surface area (Å²) < 4.78 is 7.35. The first-order chi connectivity index (χ1) is 14.9. The van der Waals surface area contributed by atoms with Crippen molar-refractivity contribution in [2.45, 2.75) is 89.6 Å². The molecule has 33 heavy (non-hydrogen) atoms. The van der Waals surface area contributed by atoms with Crippen LogP contribution in [0.3, 0.4) is 0 Å². The van der Waals surface area contributed by atoms with Gasteiger partial charge in [0.05, 0.1) is 0 Å². The van der Waals surface area contributed by atoms with E-state index >= 15 is 0 Å². The van der Waals surface area contributed by atoms with Gasteiger partial charge in [-0.05, 0) is 83.5 Å². The molecular weight excluding hydrogens is 448 g/mol. The van der Waals surface area contributed by atoms with E-state index in [2.05, 4.69) is 54.6 Å². The largest absolute Gasteiger partial charge is 0.508 e. The van der Waals surface area contributed by atoms with Gasteiger partial charge in [0.15, 0.2) is 16.6 Å². The molecule has 0 saturated carbocycles. The third-order valence-corrected chi connectivity index (χ3v) is 19.7. The lowest BCUT2D eigenvalue weighted by Gasteiger charge is -2.50. The Kier molecular flexibility index (Phi) is 8.04. The first-order valence-electron chi connectivity index (χ1n) is 11.7. The van der Waals surface area contributed by atoms with Crippen molar-refractivity contribution in [2.24, 2.45) is 0 Å². The van der Waals surface area contributed by atoms with Crippen molar-refractivity contribution in [1.82, 2.24) is 0 Å². The van der Waals surface area contributed by atoms with Crippen molar-refractivity contribution in [3.8, 4) is 23.0 Å². The fourth-order valence-electron chi connectivity index (χ4n) is 4.02. The average Bonchev–Trinajstić information content (AvgIpc) is 2.61. The first kappa shape index (κ1) is 27.3. The summed E-state index contributed by atoms with van der Waals surface area (Å²) >= 11 is 0. The van der Waals surface area contributed by atoms with Crippen LogP contribution in [0.15, 0.2) is 36.4 Å². The zero-order valence-corrected chi connectivity index (χ0v) is 23.5. The van der Waals surface area contributed by atoms with E-state index in [-0.39, 0.29) is 33.1 Å². The molecule has 0 saturated heterocycles. The van der Waals surface area contributed by atoms with Crippen molar-refractivity contribution in [2.75, 3.05) is 0 Å². The van der Waals surface area contributed by atoms with Gasteiger partial charge in [-0.25, -0.2) is 0 Å². The van der Waals surface area contributed by atoms with Crippen molar-refractivity contribution >= 4 is 16.6 Å². The number of hydrogen-bond donors (Lipinski definition) is 4. The summed E-state index contributed by atoms with van der Waals surface area (Å²) in [5, 5.41) is 39.5. The van der Waals surface area contributed by atoms with Crippen LogP contribution in [-0.4, -0.2) is 37.1 Å². The molecule has 2 atom stereocenters. The van der Waals surface area contributed by atoms with Crippen molar-refractivity contribution < 1.29 is 24.5 Å². The number of aryl methyl sites for hydroxylation is 2. The third-order valence-electron chi connectivity index (χ3n) is 7.33. The molecule has 0 aliphatic heterocycles. The van der Waals surface area contributed by atoms with Crippen LogP contribution in [0.4, 0.5) is 0 Å². The smallest absolute Gasteiger partial charge is 0.182 e. The van der Waals surface area contributed by atoms with Crippen LogP contribution in [-0.2, 0) is 17.0 Å². The molecule has 0 heterocycles. The molecule has 4 N–H and O–H groups in total. The standard InChI is InChI=1S/C26H42O5Si2/c1-25(2,3)32(7,11-9-19-13-21(27)17-22(28)14-19)31-33(8,26(4,5)6)12-10-20-15-23(29)18-24(30)16-20/h13-18,27-30H,9-12H2,1-8H3. The van der Waals surface area contributed by atoms with E-state index in [9.17, 15) is 20.4 Å². The molecule has 0 aliphatic carbocycles. The second kappa shape index (κ2) is 9.72. The topological polar surface area (TPSA) is 90.2 Å². The molecule has 2 aromatic carbocycles. The van der Waals surface area contributed by atoms with E-state index in [1.54, 1.807) is 24.3 Å². The number of benzene rings is 2. The minimum atomic E-state index is -2.27.